The van der Waals surface area contributed by atoms with E-state index in [0.717, 1.165) is 24.5 Å². The minimum absolute atomic E-state index is 0.422. The molecule has 1 saturated carbocycles. The van der Waals surface area contributed by atoms with Crippen molar-refractivity contribution in [2.45, 2.75) is 57.9 Å². The Hall–Kier alpha value is -1.12. The Morgan fingerprint density at radius 1 is 1.19 bits per heavy atom. The minimum atomic E-state index is 0.422. The molecular formula is C13H19N3. The maximum Gasteiger partial charge on any atom is 0.133 e. The van der Waals surface area contributed by atoms with Gasteiger partial charge in [-0.25, -0.2) is 9.97 Å². The van der Waals surface area contributed by atoms with E-state index in [1.807, 2.05) is 0 Å². The maximum absolute atomic E-state index is 4.70. The summed E-state index contributed by atoms with van der Waals surface area (Å²) in [6.45, 7) is 4.33. The normalized spacial score (nSPS) is 18.9. The molecule has 0 aromatic carbocycles. The van der Waals surface area contributed by atoms with Gasteiger partial charge in [-0.2, -0.15) is 0 Å². The predicted octanol–water partition coefficient (Wildman–Crippen LogP) is 2.66. The lowest BCUT2D eigenvalue weighted by Gasteiger charge is -2.13. The molecule has 0 radical (unpaired) electrons. The van der Waals surface area contributed by atoms with Crippen LogP contribution in [0.3, 0.4) is 0 Å². The van der Waals surface area contributed by atoms with Crippen LogP contribution in [0.2, 0.25) is 0 Å². The Labute approximate surface area is 96.7 Å². The molecule has 0 atom stereocenters. The van der Waals surface area contributed by atoms with Crippen molar-refractivity contribution in [3.05, 3.63) is 17.1 Å². The summed E-state index contributed by atoms with van der Waals surface area (Å²) in [5, 5.41) is 3.56. The van der Waals surface area contributed by atoms with Gasteiger partial charge in [0.2, 0.25) is 0 Å². The fraction of sp³-hybridized carbons (Fsp3) is 0.692. The number of hydrogen-bond donors (Lipinski definition) is 1. The van der Waals surface area contributed by atoms with Gasteiger partial charge in [0.05, 0.1) is 0 Å². The number of nitrogens with zero attached hydrogens (tertiary/aromatic N) is 2. The molecule has 0 unspecified atom stereocenters. The number of aromatic nitrogens is 2. The summed E-state index contributed by atoms with van der Waals surface area (Å²) in [5.41, 5.74) is 2.68. The highest BCUT2D eigenvalue weighted by atomic mass is 15.1. The summed E-state index contributed by atoms with van der Waals surface area (Å²) in [6.07, 6.45) is 6.14. The van der Waals surface area contributed by atoms with Gasteiger partial charge in [0.25, 0.3) is 0 Å². The molecule has 3 heteroatoms. The first kappa shape index (κ1) is 10.1. The molecule has 3 rings (SSSR count). The Morgan fingerprint density at radius 2 is 2.00 bits per heavy atom. The molecule has 2 aliphatic rings. The molecule has 0 saturated heterocycles. The van der Waals surface area contributed by atoms with Crippen LogP contribution < -0.4 is 5.32 Å². The van der Waals surface area contributed by atoms with Gasteiger partial charge in [0.15, 0.2) is 0 Å². The van der Waals surface area contributed by atoms with Crippen LogP contribution in [-0.2, 0) is 12.8 Å². The molecule has 1 fully saturated rings. The van der Waals surface area contributed by atoms with Crippen molar-refractivity contribution in [2.24, 2.45) is 0 Å². The van der Waals surface area contributed by atoms with E-state index in [1.54, 1.807) is 0 Å². The molecule has 0 spiro atoms. The zero-order valence-corrected chi connectivity index (χ0v) is 10.1. The Kier molecular flexibility index (Phi) is 2.34. The van der Waals surface area contributed by atoms with Crippen LogP contribution in [0.4, 0.5) is 5.82 Å². The van der Waals surface area contributed by atoms with Crippen LogP contribution in [0, 0.1) is 0 Å². The van der Waals surface area contributed by atoms with Gasteiger partial charge < -0.3 is 5.32 Å². The van der Waals surface area contributed by atoms with Gasteiger partial charge in [-0.3, -0.25) is 0 Å². The second kappa shape index (κ2) is 3.72. The van der Waals surface area contributed by atoms with Crippen LogP contribution in [0.15, 0.2) is 0 Å². The summed E-state index contributed by atoms with van der Waals surface area (Å²) in [4.78, 5) is 9.39. The molecule has 0 aliphatic heterocycles. The second-order valence-electron chi connectivity index (χ2n) is 5.28. The van der Waals surface area contributed by atoms with E-state index in [1.165, 1.54) is 30.5 Å². The highest BCUT2D eigenvalue weighted by Gasteiger charge is 2.26. The SMILES string of the molecule is CC(C)c1nc2c(c(NC3CC3)n1)CCC2. The summed E-state index contributed by atoms with van der Waals surface area (Å²) in [7, 11) is 0. The monoisotopic (exact) mass is 217 g/mol. The summed E-state index contributed by atoms with van der Waals surface area (Å²) in [5.74, 6) is 2.56. The molecule has 1 aromatic rings. The second-order valence-corrected chi connectivity index (χ2v) is 5.28. The number of nitrogens with one attached hydrogen (secondary N) is 1. The quantitative estimate of drug-likeness (QED) is 0.845. The molecule has 1 N–H and O–H groups in total. The topological polar surface area (TPSA) is 37.8 Å². The summed E-state index contributed by atoms with van der Waals surface area (Å²) < 4.78 is 0. The van der Waals surface area contributed by atoms with Crippen molar-refractivity contribution in [2.75, 3.05) is 5.32 Å². The van der Waals surface area contributed by atoms with Crippen LogP contribution >= 0.6 is 0 Å². The van der Waals surface area contributed by atoms with Crippen molar-refractivity contribution in [1.82, 2.24) is 9.97 Å². The first-order valence-corrected chi connectivity index (χ1v) is 6.40. The fourth-order valence-corrected chi connectivity index (χ4v) is 2.25. The van der Waals surface area contributed by atoms with E-state index in [0.29, 0.717) is 12.0 Å². The molecule has 1 aromatic heterocycles. The third kappa shape index (κ3) is 1.79. The third-order valence-electron chi connectivity index (χ3n) is 3.39. The van der Waals surface area contributed by atoms with E-state index in [2.05, 4.69) is 19.2 Å². The fourth-order valence-electron chi connectivity index (χ4n) is 2.25. The van der Waals surface area contributed by atoms with E-state index in [-0.39, 0.29) is 0 Å². The van der Waals surface area contributed by atoms with Gasteiger partial charge in [-0.05, 0) is 32.1 Å². The molecule has 1 heterocycles. The van der Waals surface area contributed by atoms with Crippen LogP contribution in [0.25, 0.3) is 0 Å². The van der Waals surface area contributed by atoms with Gasteiger partial charge in [0, 0.05) is 23.2 Å². The Balaban J connectivity index is 1.99. The van der Waals surface area contributed by atoms with Gasteiger partial charge in [0.1, 0.15) is 11.6 Å². The van der Waals surface area contributed by atoms with Crippen molar-refractivity contribution in [3.8, 4) is 0 Å². The largest absolute Gasteiger partial charge is 0.367 e. The van der Waals surface area contributed by atoms with Crippen LogP contribution in [-0.4, -0.2) is 16.0 Å². The number of aryl methyl sites for hydroxylation is 1. The standard InChI is InChI=1S/C13H19N3/c1-8(2)12-15-11-5-3-4-10(11)13(16-12)14-9-6-7-9/h8-9H,3-7H2,1-2H3,(H,14,15,16). The van der Waals surface area contributed by atoms with Gasteiger partial charge in [-0.15, -0.1) is 0 Å². The Bertz CT molecular complexity index is 408. The maximum atomic E-state index is 4.70. The van der Waals surface area contributed by atoms with Gasteiger partial charge in [-0.1, -0.05) is 13.8 Å². The van der Waals surface area contributed by atoms with Crippen molar-refractivity contribution in [3.63, 3.8) is 0 Å². The van der Waals surface area contributed by atoms with E-state index >= 15 is 0 Å². The molecule has 16 heavy (non-hydrogen) atoms. The number of fused-ring (bicyclic) bond motifs is 1. The highest BCUT2D eigenvalue weighted by molar-refractivity contribution is 5.50. The van der Waals surface area contributed by atoms with Crippen molar-refractivity contribution in [1.29, 1.82) is 0 Å². The van der Waals surface area contributed by atoms with Crippen LogP contribution in [0.1, 0.15) is 56.1 Å². The molecular weight excluding hydrogens is 198 g/mol. The first-order chi connectivity index (χ1) is 7.74. The Morgan fingerprint density at radius 3 is 2.69 bits per heavy atom. The molecule has 3 nitrogen and oxygen atoms in total. The smallest absolute Gasteiger partial charge is 0.133 e. The van der Waals surface area contributed by atoms with Crippen molar-refractivity contribution < 1.29 is 0 Å². The minimum Gasteiger partial charge on any atom is -0.367 e. The van der Waals surface area contributed by atoms with Crippen LogP contribution in [0.5, 0.6) is 0 Å². The molecule has 0 bridgehead atoms. The lowest BCUT2D eigenvalue weighted by atomic mass is 10.1. The summed E-state index contributed by atoms with van der Waals surface area (Å²) >= 11 is 0. The number of hydrogen-bond acceptors (Lipinski definition) is 3. The highest BCUT2D eigenvalue weighted by Crippen LogP contribution is 2.31. The molecule has 2 aliphatic carbocycles. The lowest BCUT2D eigenvalue weighted by molar-refractivity contribution is 0.760. The lowest BCUT2D eigenvalue weighted by Crippen LogP contribution is -2.11. The average Bonchev–Trinajstić information content (AvgIpc) is 2.93. The number of anilines is 1. The van der Waals surface area contributed by atoms with Crippen molar-refractivity contribution >= 4 is 5.82 Å². The van der Waals surface area contributed by atoms with E-state index in [9.17, 15) is 0 Å². The zero-order chi connectivity index (χ0) is 11.1. The molecule has 86 valence electrons. The third-order valence-corrected chi connectivity index (χ3v) is 3.39. The van der Waals surface area contributed by atoms with E-state index in [4.69, 9.17) is 9.97 Å². The average molecular weight is 217 g/mol. The summed E-state index contributed by atoms with van der Waals surface area (Å²) in [6, 6.07) is 0.680. The zero-order valence-electron chi connectivity index (χ0n) is 10.1. The van der Waals surface area contributed by atoms with Gasteiger partial charge >= 0.3 is 0 Å². The predicted molar refractivity (Wildman–Crippen MR) is 64.8 cm³/mol. The number of rotatable bonds is 3. The molecule has 0 amide bonds. The van der Waals surface area contributed by atoms with E-state index < -0.39 is 0 Å². The first-order valence-electron chi connectivity index (χ1n) is 6.40.